The Labute approximate surface area is 106 Å². The van der Waals surface area contributed by atoms with Crippen LogP contribution in [-0.4, -0.2) is 33.8 Å². The van der Waals surface area contributed by atoms with Crippen LogP contribution in [0.15, 0.2) is 12.4 Å². The maximum atomic E-state index is 12.8. The van der Waals surface area contributed by atoms with Crippen LogP contribution in [0.5, 0.6) is 0 Å². The highest BCUT2D eigenvalue weighted by Gasteiger charge is 2.43. The molecule has 5 heteroatoms. The highest BCUT2D eigenvalue weighted by atomic mass is 19.1. The second-order valence-electron chi connectivity index (χ2n) is 5.44. The number of hydrogen-bond acceptors (Lipinski definition) is 4. The summed E-state index contributed by atoms with van der Waals surface area (Å²) in [7, 11) is 0. The van der Waals surface area contributed by atoms with Crippen molar-refractivity contribution in [3.63, 3.8) is 0 Å². The van der Waals surface area contributed by atoms with Crippen molar-refractivity contribution < 1.29 is 9.50 Å². The van der Waals surface area contributed by atoms with Gasteiger partial charge in [0.15, 0.2) is 5.82 Å². The van der Waals surface area contributed by atoms with Crippen molar-refractivity contribution in [1.82, 2.24) is 9.97 Å². The van der Waals surface area contributed by atoms with Gasteiger partial charge in [0.25, 0.3) is 0 Å². The van der Waals surface area contributed by atoms with Gasteiger partial charge in [-0.3, -0.25) is 0 Å². The number of hydrogen-bond donors (Lipinski definition) is 1. The molecule has 4 nitrogen and oxygen atoms in total. The smallest absolute Gasteiger partial charge is 0.225 e. The lowest BCUT2D eigenvalue weighted by Crippen LogP contribution is -2.53. The summed E-state index contributed by atoms with van der Waals surface area (Å²) >= 11 is 0. The Bertz CT molecular complexity index is 425. The third-order valence-corrected chi connectivity index (χ3v) is 4.32. The fraction of sp³-hybridized carbons (Fsp3) is 0.692. The lowest BCUT2D eigenvalue weighted by Gasteiger charge is -2.47. The Balaban J connectivity index is 1.75. The van der Waals surface area contributed by atoms with E-state index in [1.165, 1.54) is 18.8 Å². The lowest BCUT2D eigenvalue weighted by atomic mass is 9.71. The van der Waals surface area contributed by atoms with E-state index in [-0.39, 0.29) is 0 Å². The summed E-state index contributed by atoms with van der Waals surface area (Å²) in [4.78, 5) is 10.1. The van der Waals surface area contributed by atoms with Crippen LogP contribution < -0.4 is 4.90 Å². The van der Waals surface area contributed by atoms with Crippen molar-refractivity contribution in [2.24, 2.45) is 5.92 Å². The van der Waals surface area contributed by atoms with Crippen molar-refractivity contribution in [3.8, 4) is 0 Å². The van der Waals surface area contributed by atoms with E-state index in [2.05, 4.69) is 14.9 Å². The molecule has 0 aromatic carbocycles. The molecule has 1 aromatic rings. The van der Waals surface area contributed by atoms with Gasteiger partial charge in [0.2, 0.25) is 5.95 Å². The molecule has 0 amide bonds. The molecule has 98 valence electrons. The summed E-state index contributed by atoms with van der Waals surface area (Å²) in [6.45, 7) is 1.53. The summed E-state index contributed by atoms with van der Waals surface area (Å²) < 4.78 is 12.8. The molecule has 1 aromatic heterocycles. The van der Waals surface area contributed by atoms with Crippen LogP contribution in [0.2, 0.25) is 0 Å². The Kier molecular flexibility index (Phi) is 2.93. The molecule has 18 heavy (non-hydrogen) atoms. The number of nitrogens with zero attached hydrogens (tertiary/aromatic N) is 3. The van der Waals surface area contributed by atoms with Gasteiger partial charge in [-0.05, 0) is 19.3 Å². The molecule has 1 saturated carbocycles. The van der Waals surface area contributed by atoms with Crippen LogP contribution >= 0.6 is 0 Å². The summed E-state index contributed by atoms with van der Waals surface area (Å²) in [5.74, 6) is 0.461. The van der Waals surface area contributed by atoms with Gasteiger partial charge in [-0.2, -0.15) is 0 Å². The summed E-state index contributed by atoms with van der Waals surface area (Å²) in [5.41, 5.74) is -0.491. The molecule has 1 saturated heterocycles. The average molecular weight is 251 g/mol. The molecule has 1 aliphatic carbocycles. The molecule has 0 spiro atoms. The standard InChI is InChI=1S/C13H18FN3O/c14-11-7-15-12(16-8-11)17-6-5-13(18)4-2-1-3-10(13)9-17/h7-8,10,18H,1-6,9H2. The molecule has 2 aliphatic rings. The fourth-order valence-electron chi connectivity index (χ4n) is 3.22. The van der Waals surface area contributed by atoms with E-state index >= 15 is 0 Å². The van der Waals surface area contributed by atoms with Crippen LogP contribution in [0.4, 0.5) is 10.3 Å². The van der Waals surface area contributed by atoms with Crippen molar-refractivity contribution >= 4 is 5.95 Å². The lowest BCUT2D eigenvalue weighted by molar-refractivity contribution is -0.0614. The molecule has 0 bridgehead atoms. The van der Waals surface area contributed by atoms with E-state index in [4.69, 9.17) is 0 Å². The Morgan fingerprint density at radius 3 is 2.83 bits per heavy atom. The minimum atomic E-state index is -0.491. The molecule has 0 radical (unpaired) electrons. The normalized spacial score (nSPS) is 32.1. The van der Waals surface area contributed by atoms with Crippen LogP contribution in [0.1, 0.15) is 32.1 Å². The van der Waals surface area contributed by atoms with Gasteiger partial charge in [-0.25, -0.2) is 14.4 Å². The minimum absolute atomic E-state index is 0.300. The summed E-state index contributed by atoms with van der Waals surface area (Å²) in [6, 6.07) is 0. The number of aliphatic hydroxyl groups is 1. The molecule has 2 atom stereocenters. The van der Waals surface area contributed by atoms with E-state index in [9.17, 15) is 9.50 Å². The molecule has 2 fully saturated rings. The maximum Gasteiger partial charge on any atom is 0.225 e. The van der Waals surface area contributed by atoms with E-state index in [0.717, 1.165) is 38.8 Å². The first-order valence-corrected chi connectivity index (χ1v) is 6.62. The first-order chi connectivity index (χ1) is 8.67. The van der Waals surface area contributed by atoms with Crippen molar-refractivity contribution in [2.75, 3.05) is 18.0 Å². The largest absolute Gasteiger partial charge is 0.389 e. The van der Waals surface area contributed by atoms with Gasteiger partial charge in [0.1, 0.15) is 0 Å². The van der Waals surface area contributed by atoms with Crippen LogP contribution in [-0.2, 0) is 0 Å². The van der Waals surface area contributed by atoms with Gasteiger partial charge in [0.05, 0.1) is 18.0 Å². The highest BCUT2D eigenvalue weighted by molar-refractivity contribution is 5.30. The number of piperidine rings is 1. The van der Waals surface area contributed by atoms with Gasteiger partial charge in [-0.15, -0.1) is 0 Å². The predicted molar refractivity (Wildman–Crippen MR) is 65.7 cm³/mol. The zero-order valence-corrected chi connectivity index (χ0v) is 10.3. The third-order valence-electron chi connectivity index (χ3n) is 4.32. The fourth-order valence-corrected chi connectivity index (χ4v) is 3.22. The molecule has 3 rings (SSSR count). The molecule has 2 unspecified atom stereocenters. The van der Waals surface area contributed by atoms with E-state index in [1.54, 1.807) is 0 Å². The molecule has 1 N–H and O–H groups in total. The SMILES string of the molecule is OC12CCCCC1CN(c1ncc(F)cn1)CC2. The highest BCUT2D eigenvalue weighted by Crippen LogP contribution is 2.40. The molecular weight excluding hydrogens is 233 g/mol. The maximum absolute atomic E-state index is 12.8. The van der Waals surface area contributed by atoms with Gasteiger partial charge in [-0.1, -0.05) is 12.8 Å². The van der Waals surface area contributed by atoms with Gasteiger partial charge >= 0.3 is 0 Å². The quantitative estimate of drug-likeness (QED) is 0.826. The number of aromatic nitrogens is 2. The monoisotopic (exact) mass is 251 g/mol. The Morgan fingerprint density at radius 1 is 1.28 bits per heavy atom. The Morgan fingerprint density at radius 2 is 2.06 bits per heavy atom. The Hall–Kier alpha value is -1.23. The molecular formula is C13H18FN3O. The van der Waals surface area contributed by atoms with E-state index in [0.29, 0.717) is 11.9 Å². The van der Waals surface area contributed by atoms with Crippen molar-refractivity contribution in [1.29, 1.82) is 0 Å². The first-order valence-electron chi connectivity index (χ1n) is 6.62. The predicted octanol–water partition coefficient (Wildman–Crippen LogP) is 1.75. The number of anilines is 1. The zero-order chi connectivity index (χ0) is 12.6. The number of halogens is 1. The number of rotatable bonds is 1. The second kappa shape index (κ2) is 4.46. The van der Waals surface area contributed by atoms with Crippen LogP contribution in [0.25, 0.3) is 0 Å². The van der Waals surface area contributed by atoms with Gasteiger partial charge < -0.3 is 10.0 Å². The van der Waals surface area contributed by atoms with Crippen LogP contribution in [0.3, 0.4) is 0 Å². The average Bonchev–Trinajstić information content (AvgIpc) is 2.39. The molecule has 2 heterocycles. The van der Waals surface area contributed by atoms with Crippen molar-refractivity contribution in [2.45, 2.75) is 37.7 Å². The summed E-state index contributed by atoms with van der Waals surface area (Å²) in [5, 5.41) is 10.6. The van der Waals surface area contributed by atoms with E-state index in [1.807, 2.05) is 0 Å². The van der Waals surface area contributed by atoms with Gasteiger partial charge in [0, 0.05) is 19.0 Å². The van der Waals surface area contributed by atoms with Crippen LogP contribution in [0, 0.1) is 11.7 Å². The molecule has 1 aliphatic heterocycles. The van der Waals surface area contributed by atoms with Crippen molar-refractivity contribution in [3.05, 3.63) is 18.2 Å². The topological polar surface area (TPSA) is 49.2 Å². The second-order valence-corrected chi connectivity index (χ2v) is 5.44. The number of fused-ring (bicyclic) bond motifs is 1. The first kappa shape index (κ1) is 11.8. The summed E-state index contributed by atoms with van der Waals surface area (Å²) in [6.07, 6.45) is 7.45. The minimum Gasteiger partial charge on any atom is -0.389 e. The third kappa shape index (κ3) is 2.07. The van der Waals surface area contributed by atoms with E-state index < -0.39 is 11.4 Å². The zero-order valence-electron chi connectivity index (χ0n) is 10.3.